The number of fused-ring (bicyclic) bond motifs is 1. The van der Waals surface area contributed by atoms with Crippen molar-refractivity contribution >= 4 is 5.91 Å². The number of carbonyl (C=O) groups excluding carboxylic acids is 1. The largest absolute Gasteiger partial charge is 0.391 e. The maximum absolute atomic E-state index is 11.8. The van der Waals surface area contributed by atoms with Crippen LogP contribution in [-0.2, 0) is 16.1 Å². The second kappa shape index (κ2) is 5.25. The Balaban J connectivity index is 1.93. The predicted octanol–water partition coefficient (Wildman–Crippen LogP) is 0.540. The molecule has 0 saturated carbocycles. The zero-order valence-corrected chi connectivity index (χ0v) is 9.72. The van der Waals surface area contributed by atoms with E-state index >= 15 is 0 Å². The van der Waals surface area contributed by atoms with E-state index in [4.69, 9.17) is 9.94 Å². The van der Waals surface area contributed by atoms with Gasteiger partial charge in [-0.05, 0) is 31.4 Å². The van der Waals surface area contributed by atoms with Crippen molar-refractivity contribution in [2.75, 3.05) is 6.61 Å². The summed E-state index contributed by atoms with van der Waals surface area (Å²) < 4.78 is 0. The lowest BCUT2D eigenvalue weighted by atomic mass is 10.1. The summed E-state index contributed by atoms with van der Waals surface area (Å²) in [4.78, 5) is 21.0. The van der Waals surface area contributed by atoms with Crippen molar-refractivity contribution in [2.45, 2.75) is 31.8 Å². The Bertz CT molecular complexity index is 406. The summed E-state index contributed by atoms with van der Waals surface area (Å²) in [6.07, 6.45) is 2.74. The number of nitrogens with zero attached hydrogens (tertiary/aromatic N) is 1. The van der Waals surface area contributed by atoms with Crippen LogP contribution in [0.15, 0.2) is 18.3 Å². The fraction of sp³-hybridized carbons (Fsp3) is 0.500. The molecule has 1 aliphatic rings. The normalized spacial score (nSPS) is 19.8. The number of aliphatic hydroxyl groups excluding tert-OH is 1. The van der Waals surface area contributed by atoms with Gasteiger partial charge in [-0.1, -0.05) is 6.07 Å². The molecule has 0 saturated heterocycles. The van der Waals surface area contributed by atoms with Crippen molar-refractivity contribution in [1.82, 2.24) is 10.5 Å². The van der Waals surface area contributed by atoms with Crippen LogP contribution in [-0.4, -0.2) is 28.7 Å². The summed E-state index contributed by atoms with van der Waals surface area (Å²) in [6.45, 7) is 1.69. The molecule has 2 atom stereocenters. The van der Waals surface area contributed by atoms with Gasteiger partial charge in [-0.3, -0.25) is 14.6 Å². The fourth-order valence-corrected chi connectivity index (χ4v) is 1.97. The standard InChI is InChI=1S/C12H16N2O3/c1-8(15)7-17-14-12(16)10-5-4-9-3-2-6-13-11(9)10/h2-3,6,8,10,15H,4-5,7H2,1H3,(H,14,16). The van der Waals surface area contributed by atoms with E-state index in [-0.39, 0.29) is 18.4 Å². The molecule has 2 rings (SSSR count). The van der Waals surface area contributed by atoms with E-state index in [0.717, 1.165) is 24.1 Å². The van der Waals surface area contributed by atoms with Crippen LogP contribution >= 0.6 is 0 Å². The van der Waals surface area contributed by atoms with Crippen molar-refractivity contribution in [1.29, 1.82) is 0 Å². The molecule has 5 heteroatoms. The Hall–Kier alpha value is -1.46. The molecule has 2 unspecified atom stereocenters. The molecule has 17 heavy (non-hydrogen) atoms. The highest BCUT2D eigenvalue weighted by Gasteiger charge is 2.29. The lowest BCUT2D eigenvalue weighted by Gasteiger charge is -2.12. The van der Waals surface area contributed by atoms with Crippen LogP contribution in [0.2, 0.25) is 0 Å². The minimum atomic E-state index is -0.593. The van der Waals surface area contributed by atoms with Crippen LogP contribution in [0.4, 0.5) is 0 Å². The molecule has 5 nitrogen and oxygen atoms in total. The van der Waals surface area contributed by atoms with Crippen LogP contribution in [0, 0.1) is 0 Å². The quantitative estimate of drug-likeness (QED) is 0.748. The van der Waals surface area contributed by atoms with Gasteiger partial charge >= 0.3 is 0 Å². The van der Waals surface area contributed by atoms with Crippen molar-refractivity contribution in [3.63, 3.8) is 0 Å². The monoisotopic (exact) mass is 236 g/mol. The SMILES string of the molecule is CC(O)CONC(=O)C1CCc2cccnc21. The molecule has 92 valence electrons. The first-order chi connectivity index (χ1) is 8.18. The molecular weight excluding hydrogens is 220 g/mol. The van der Waals surface area contributed by atoms with E-state index in [1.807, 2.05) is 12.1 Å². The molecule has 0 aliphatic heterocycles. The molecular formula is C12H16N2O3. The summed E-state index contributed by atoms with van der Waals surface area (Å²) in [7, 11) is 0. The first kappa shape index (κ1) is 12.0. The Kier molecular flexibility index (Phi) is 3.71. The Morgan fingerprint density at radius 3 is 3.35 bits per heavy atom. The summed E-state index contributed by atoms with van der Waals surface area (Å²) >= 11 is 0. The first-order valence-corrected chi connectivity index (χ1v) is 5.72. The molecule has 0 bridgehead atoms. The highest BCUT2D eigenvalue weighted by Crippen LogP contribution is 2.30. The molecule has 1 aliphatic carbocycles. The van der Waals surface area contributed by atoms with Gasteiger partial charge in [0.05, 0.1) is 17.7 Å². The minimum Gasteiger partial charge on any atom is -0.391 e. The molecule has 0 spiro atoms. The smallest absolute Gasteiger partial charge is 0.252 e. The van der Waals surface area contributed by atoms with Gasteiger partial charge in [-0.15, -0.1) is 0 Å². The number of nitrogens with one attached hydrogen (secondary N) is 1. The van der Waals surface area contributed by atoms with Crippen molar-refractivity contribution < 1.29 is 14.7 Å². The van der Waals surface area contributed by atoms with Gasteiger partial charge in [0.1, 0.15) is 6.61 Å². The van der Waals surface area contributed by atoms with E-state index in [1.54, 1.807) is 13.1 Å². The third kappa shape index (κ3) is 2.81. The molecule has 1 aromatic rings. The van der Waals surface area contributed by atoms with Crippen molar-refractivity contribution in [3.8, 4) is 0 Å². The van der Waals surface area contributed by atoms with Crippen LogP contribution in [0.5, 0.6) is 0 Å². The molecule has 2 N–H and O–H groups in total. The van der Waals surface area contributed by atoms with E-state index in [2.05, 4.69) is 10.5 Å². The molecule has 0 radical (unpaired) electrons. The molecule has 1 amide bonds. The summed E-state index contributed by atoms with van der Waals surface area (Å²) in [6, 6.07) is 3.87. The second-order valence-electron chi connectivity index (χ2n) is 4.27. The van der Waals surface area contributed by atoms with Crippen LogP contribution in [0.3, 0.4) is 0 Å². The average Bonchev–Trinajstić information content (AvgIpc) is 2.72. The van der Waals surface area contributed by atoms with Crippen LogP contribution < -0.4 is 5.48 Å². The third-order valence-electron chi connectivity index (χ3n) is 2.77. The van der Waals surface area contributed by atoms with Gasteiger partial charge in [0, 0.05) is 6.20 Å². The van der Waals surface area contributed by atoms with Crippen molar-refractivity contribution in [2.24, 2.45) is 0 Å². The number of pyridine rings is 1. The maximum Gasteiger partial charge on any atom is 0.252 e. The van der Waals surface area contributed by atoms with E-state index in [1.165, 1.54) is 0 Å². The van der Waals surface area contributed by atoms with E-state index in [0.29, 0.717) is 0 Å². The number of hydrogen-bond acceptors (Lipinski definition) is 4. The fourth-order valence-electron chi connectivity index (χ4n) is 1.97. The van der Waals surface area contributed by atoms with Gasteiger partial charge in [0.2, 0.25) is 0 Å². The number of aliphatic hydroxyl groups is 1. The number of amides is 1. The summed E-state index contributed by atoms with van der Waals surface area (Å²) in [5.74, 6) is -0.428. The zero-order chi connectivity index (χ0) is 12.3. The molecule has 1 heterocycles. The van der Waals surface area contributed by atoms with Crippen molar-refractivity contribution in [3.05, 3.63) is 29.6 Å². The van der Waals surface area contributed by atoms with Gasteiger partial charge in [-0.25, -0.2) is 5.48 Å². The van der Waals surface area contributed by atoms with Crippen LogP contribution in [0.25, 0.3) is 0 Å². The summed E-state index contributed by atoms with van der Waals surface area (Å²) in [5, 5.41) is 9.00. The number of aryl methyl sites for hydroxylation is 1. The number of aromatic nitrogens is 1. The highest BCUT2D eigenvalue weighted by atomic mass is 16.7. The third-order valence-corrected chi connectivity index (χ3v) is 2.77. The Labute approximate surface area is 99.8 Å². The Morgan fingerprint density at radius 2 is 2.59 bits per heavy atom. The van der Waals surface area contributed by atoms with Crippen LogP contribution in [0.1, 0.15) is 30.5 Å². The topological polar surface area (TPSA) is 71.5 Å². The number of hydroxylamine groups is 1. The van der Waals surface area contributed by atoms with Gasteiger partial charge in [0.25, 0.3) is 5.91 Å². The molecule has 0 aromatic carbocycles. The lowest BCUT2D eigenvalue weighted by molar-refractivity contribution is -0.137. The average molecular weight is 236 g/mol. The number of hydrogen-bond donors (Lipinski definition) is 2. The molecule has 1 aromatic heterocycles. The summed E-state index contributed by atoms with van der Waals surface area (Å²) in [5.41, 5.74) is 4.32. The number of rotatable bonds is 4. The Morgan fingerprint density at radius 1 is 1.76 bits per heavy atom. The van der Waals surface area contributed by atoms with E-state index in [9.17, 15) is 4.79 Å². The minimum absolute atomic E-state index is 0.0908. The zero-order valence-electron chi connectivity index (χ0n) is 9.72. The lowest BCUT2D eigenvalue weighted by Crippen LogP contribution is -2.31. The predicted molar refractivity (Wildman–Crippen MR) is 61.1 cm³/mol. The first-order valence-electron chi connectivity index (χ1n) is 5.72. The van der Waals surface area contributed by atoms with Gasteiger partial charge < -0.3 is 5.11 Å². The van der Waals surface area contributed by atoms with Gasteiger partial charge in [-0.2, -0.15) is 0 Å². The number of carbonyl (C=O) groups is 1. The maximum atomic E-state index is 11.8. The van der Waals surface area contributed by atoms with E-state index < -0.39 is 6.10 Å². The molecule has 0 fully saturated rings. The highest BCUT2D eigenvalue weighted by molar-refractivity contribution is 5.83. The van der Waals surface area contributed by atoms with Gasteiger partial charge in [0.15, 0.2) is 0 Å². The second-order valence-corrected chi connectivity index (χ2v) is 4.27.